The summed E-state index contributed by atoms with van der Waals surface area (Å²) >= 11 is 0. The lowest BCUT2D eigenvalue weighted by Gasteiger charge is -2.17. The van der Waals surface area contributed by atoms with Crippen molar-refractivity contribution in [1.29, 1.82) is 0 Å². The highest BCUT2D eigenvalue weighted by atomic mass is 19.3. The second-order valence-electron chi connectivity index (χ2n) is 4.76. The third-order valence-corrected chi connectivity index (χ3v) is 3.15. The molecule has 0 aliphatic carbocycles. The minimum atomic E-state index is -2.55. The van der Waals surface area contributed by atoms with Gasteiger partial charge in [0.05, 0.1) is 6.61 Å². The van der Waals surface area contributed by atoms with Crippen LogP contribution in [-0.4, -0.2) is 11.7 Å². The molecule has 2 rings (SSSR count). The number of hydrogen-bond donors (Lipinski definition) is 1. The molecule has 0 aliphatic heterocycles. The summed E-state index contributed by atoms with van der Waals surface area (Å²) in [7, 11) is 0. The molecule has 0 bridgehead atoms. The molecular formula is C17H18F2O2. The lowest BCUT2D eigenvalue weighted by Crippen LogP contribution is -2.05. The lowest BCUT2D eigenvalue weighted by molar-refractivity contribution is 0.150. The summed E-state index contributed by atoms with van der Waals surface area (Å²) in [6, 6.07) is 12.9. The summed E-state index contributed by atoms with van der Waals surface area (Å²) in [4.78, 5) is 0. The van der Waals surface area contributed by atoms with Crippen LogP contribution in [0.4, 0.5) is 8.78 Å². The van der Waals surface area contributed by atoms with Gasteiger partial charge in [-0.3, -0.25) is 0 Å². The van der Waals surface area contributed by atoms with Crippen molar-refractivity contribution in [3.8, 4) is 5.75 Å². The van der Waals surface area contributed by atoms with Crippen LogP contribution in [0.2, 0.25) is 0 Å². The quantitative estimate of drug-likeness (QED) is 0.849. The Kier molecular flexibility index (Phi) is 5.28. The van der Waals surface area contributed by atoms with E-state index in [0.29, 0.717) is 23.5 Å². The Hall–Kier alpha value is -1.94. The fourth-order valence-corrected chi connectivity index (χ4v) is 2.09. The van der Waals surface area contributed by atoms with Gasteiger partial charge in [0.25, 0.3) is 6.43 Å². The number of rotatable bonds is 6. The molecular weight excluding hydrogens is 274 g/mol. The molecule has 0 aromatic heterocycles. The van der Waals surface area contributed by atoms with Crippen molar-refractivity contribution in [3.05, 3.63) is 65.2 Å². The lowest BCUT2D eigenvalue weighted by atomic mass is 9.99. The summed E-state index contributed by atoms with van der Waals surface area (Å²) in [6.07, 6.45) is -2.69. The number of para-hydroxylation sites is 1. The zero-order valence-electron chi connectivity index (χ0n) is 11.8. The van der Waals surface area contributed by atoms with E-state index in [0.717, 1.165) is 6.42 Å². The Morgan fingerprint density at radius 3 is 2.48 bits per heavy atom. The van der Waals surface area contributed by atoms with E-state index in [9.17, 15) is 13.9 Å². The number of halogens is 2. The molecule has 21 heavy (non-hydrogen) atoms. The number of aliphatic hydroxyl groups excluding tert-OH is 1. The minimum Gasteiger partial charge on any atom is -0.493 e. The van der Waals surface area contributed by atoms with E-state index < -0.39 is 12.5 Å². The first-order valence-electron chi connectivity index (χ1n) is 6.91. The van der Waals surface area contributed by atoms with Crippen LogP contribution in [-0.2, 0) is 0 Å². The zero-order valence-corrected chi connectivity index (χ0v) is 11.8. The van der Waals surface area contributed by atoms with Crippen molar-refractivity contribution in [1.82, 2.24) is 0 Å². The summed E-state index contributed by atoms with van der Waals surface area (Å²) in [5, 5.41) is 10.5. The van der Waals surface area contributed by atoms with E-state index in [-0.39, 0.29) is 5.56 Å². The molecule has 0 fully saturated rings. The van der Waals surface area contributed by atoms with Gasteiger partial charge in [0, 0.05) is 11.1 Å². The number of benzene rings is 2. The van der Waals surface area contributed by atoms with Crippen LogP contribution in [0.1, 0.15) is 42.6 Å². The van der Waals surface area contributed by atoms with Gasteiger partial charge in [-0.2, -0.15) is 0 Å². The van der Waals surface area contributed by atoms with Crippen LogP contribution in [0.25, 0.3) is 0 Å². The first kappa shape index (κ1) is 15.4. The first-order valence-corrected chi connectivity index (χ1v) is 6.91. The Morgan fingerprint density at radius 2 is 1.76 bits per heavy atom. The van der Waals surface area contributed by atoms with Crippen molar-refractivity contribution in [2.45, 2.75) is 25.9 Å². The van der Waals surface area contributed by atoms with Crippen molar-refractivity contribution in [3.63, 3.8) is 0 Å². The predicted molar refractivity (Wildman–Crippen MR) is 77.7 cm³/mol. The molecule has 0 amide bonds. The summed E-state index contributed by atoms with van der Waals surface area (Å²) < 4.78 is 31.1. The second-order valence-corrected chi connectivity index (χ2v) is 4.76. The van der Waals surface area contributed by atoms with Gasteiger partial charge < -0.3 is 9.84 Å². The van der Waals surface area contributed by atoms with E-state index in [1.807, 2.05) is 13.0 Å². The Bertz CT molecular complexity index is 585. The molecule has 0 saturated heterocycles. The highest BCUT2D eigenvalue weighted by Gasteiger charge is 2.17. The maximum atomic E-state index is 12.8. The fraction of sp³-hybridized carbons (Fsp3) is 0.294. The van der Waals surface area contributed by atoms with Gasteiger partial charge in [-0.05, 0) is 24.1 Å². The molecule has 4 heteroatoms. The zero-order chi connectivity index (χ0) is 15.2. The summed E-state index contributed by atoms with van der Waals surface area (Å²) in [5.41, 5.74) is 0.913. The fourth-order valence-electron chi connectivity index (χ4n) is 2.09. The topological polar surface area (TPSA) is 29.5 Å². The largest absolute Gasteiger partial charge is 0.493 e. The molecule has 0 saturated carbocycles. The highest BCUT2D eigenvalue weighted by Crippen LogP contribution is 2.31. The van der Waals surface area contributed by atoms with Crippen LogP contribution >= 0.6 is 0 Å². The number of aliphatic hydroxyl groups is 1. The monoisotopic (exact) mass is 292 g/mol. The average molecular weight is 292 g/mol. The maximum absolute atomic E-state index is 12.8. The van der Waals surface area contributed by atoms with Crippen LogP contribution in [0, 0.1) is 0 Å². The molecule has 0 radical (unpaired) electrons. The molecule has 2 aromatic rings. The molecule has 1 atom stereocenters. The van der Waals surface area contributed by atoms with Gasteiger partial charge in [-0.1, -0.05) is 43.3 Å². The van der Waals surface area contributed by atoms with Crippen molar-refractivity contribution in [2.75, 3.05) is 6.61 Å². The molecule has 112 valence electrons. The van der Waals surface area contributed by atoms with E-state index in [1.54, 1.807) is 24.3 Å². The predicted octanol–water partition coefficient (Wildman–Crippen LogP) is 4.49. The third kappa shape index (κ3) is 3.79. The van der Waals surface area contributed by atoms with Crippen LogP contribution in [0.15, 0.2) is 48.5 Å². The van der Waals surface area contributed by atoms with Gasteiger partial charge >= 0.3 is 0 Å². The van der Waals surface area contributed by atoms with E-state index in [1.165, 1.54) is 18.2 Å². The Labute approximate surface area is 123 Å². The highest BCUT2D eigenvalue weighted by molar-refractivity contribution is 5.41. The van der Waals surface area contributed by atoms with E-state index >= 15 is 0 Å². The summed E-state index contributed by atoms with van der Waals surface area (Å²) in [6.45, 7) is 2.53. The van der Waals surface area contributed by atoms with Gasteiger partial charge in [0.15, 0.2) is 0 Å². The van der Waals surface area contributed by atoms with Crippen LogP contribution < -0.4 is 4.74 Å². The molecule has 2 aromatic carbocycles. The van der Waals surface area contributed by atoms with Crippen molar-refractivity contribution >= 4 is 0 Å². The normalized spacial score (nSPS) is 12.4. The smallest absolute Gasteiger partial charge is 0.263 e. The minimum absolute atomic E-state index is 0.0986. The molecule has 0 aliphatic rings. The third-order valence-electron chi connectivity index (χ3n) is 3.15. The van der Waals surface area contributed by atoms with E-state index in [4.69, 9.17) is 4.74 Å². The van der Waals surface area contributed by atoms with Crippen LogP contribution in [0.5, 0.6) is 5.75 Å². The number of hydrogen-bond acceptors (Lipinski definition) is 2. The average Bonchev–Trinajstić information content (AvgIpc) is 2.52. The number of ether oxygens (including phenoxy) is 1. The van der Waals surface area contributed by atoms with Crippen LogP contribution in [0.3, 0.4) is 0 Å². The van der Waals surface area contributed by atoms with Gasteiger partial charge in [-0.25, -0.2) is 8.78 Å². The molecule has 1 N–H and O–H groups in total. The van der Waals surface area contributed by atoms with Gasteiger partial charge in [0.2, 0.25) is 0 Å². The van der Waals surface area contributed by atoms with E-state index in [2.05, 4.69) is 0 Å². The molecule has 2 nitrogen and oxygen atoms in total. The standard InChI is InChI=1S/C17H18F2O2/c1-2-10-21-15-9-4-3-8-14(15)16(20)12-6-5-7-13(11-12)17(18)19/h3-9,11,16-17,20H,2,10H2,1H3. The second kappa shape index (κ2) is 7.18. The Balaban J connectivity index is 2.31. The Morgan fingerprint density at radius 1 is 1.05 bits per heavy atom. The first-order chi connectivity index (χ1) is 10.1. The van der Waals surface area contributed by atoms with Crippen molar-refractivity contribution < 1.29 is 18.6 Å². The van der Waals surface area contributed by atoms with Gasteiger partial charge in [-0.15, -0.1) is 0 Å². The molecule has 0 spiro atoms. The van der Waals surface area contributed by atoms with Crippen molar-refractivity contribution in [2.24, 2.45) is 0 Å². The molecule has 1 unspecified atom stereocenters. The molecule has 0 heterocycles. The van der Waals surface area contributed by atoms with Gasteiger partial charge in [0.1, 0.15) is 11.9 Å². The maximum Gasteiger partial charge on any atom is 0.263 e. The number of alkyl halides is 2. The summed E-state index contributed by atoms with van der Waals surface area (Å²) in [5.74, 6) is 0.578. The SMILES string of the molecule is CCCOc1ccccc1C(O)c1cccc(C(F)F)c1.